The molecule has 0 spiro atoms. The second-order valence-corrected chi connectivity index (χ2v) is 10.3. The van der Waals surface area contributed by atoms with Gasteiger partial charge in [0, 0.05) is 22.2 Å². The van der Waals surface area contributed by atoms with Gasteiger partial charge in [0.1, 0.15) is 11.2 Å². The van der Waals surface area contributed by atoms with Crippen LogP contribution in [0.5, 0.6) is 0 Å². The highest BCUT2D eigenvalue weighted by atomic mass is 32.1. The molecule has 0 bridgehead atoms. The van der Waals surface area contributed by atoms with Crippen LogP contribution in [0, 0.1) is 6.92 Å². The van der Waals surface area contributed by atoms with Gasteiger partial charge in [0.15, 0.2) is 5.65 Å². The predicted molar refractivity (Wildman–Crippen MR) is 140 cm³/mol. The summed E-state index contributed by atoms with van der Waals surface area (Å²) in [6.07, 6.45) is 3.02. The minimum atomic E-state index is -0.418. The van der Waals surface area contributed by atoms with E-state index < -0.39 is 5.91 Å². The maximum absolute atomic E-state index is 13.5. The van der Waals surface area contributed by atoms with Crippen molar-refractivity contribution in [1.29, 1.82) is 0 Å². The van der Waals surface area contributed by atoms with E-state index in [1.807, 2.05) is 65.0 Å². The predicted octanol–water partition coefficient (Wildman–Crippen LogP) is 5.27. The van der Waals surface area contributed by atoms with E-state index in [1.165, 1.54) is 17.7 Å². The number of amides is 1. The topological polar surface area (TPSA) is 94.7 Å². The Morgan fingerprint density at radius 2 is 1.86 bits per heavy atom. The molecule has 0 aliphatic rings. The number of fused-ring (bicyclic) bond motifs is 2. The van der Waals surface area contributed by atoms with Crippen molar-refractivity contribution in [3.63, 3.8) is 0 Å². The highest BCUT2D eigenvalue weighted by Crippen LogP contribution is 2.35. The van der Waals surface area contributed by atoms with E-state index in [-0.39, 0.29) is 17.5 Å². The Balaban J connectivity index is 1.62. The standard InChI is InChI=1S/C26H26N6O2S/c1-14(2)20-11-18(19-12-28-32(15(3)4)23(19)29-20)24(33)30-31-13-27-25-22(26(31)34)21(16(5)35-25)17-9-7-6-8-10-17/h6-15H,1-5H3,(H,30,33). The van der Waals surface area contributed by atoms with Gasteiger partial charge in [-0.05, 0) is 38.3 Å². The van der Waals surface area contributed by atoms with Crippen molar-refractivity contribution in [2.45, 2.75) is 46.6 Å². The minimum absolute atomic E-state index is 0.0887. The van der Waals surface area contributed by atoms with Crippen molar-refractivity contribution >= 4 is 38.5 Å². The lowest BCUT2D eigenvalue weighted by atomic mass is 10.0. The van der Waals surface area contributed by atoms with Crippen LogP contribution in [0.1, 0.15) is 60.6 Å². The molecule has 0 radical (unpaired) electrons. The van der Waals surface area contributed by atoms with Gasteiger partial charge in [-0.2, -0.15) is 5.10 Å². The number of nitrogens with zero attached hydrogens (tertiary/aromatic N) is 5. The molecule has 4 aromatic heterocycles. The molecule has 4 heterocycles. The largest absolute Gasteiger partial charge is 0.281 e. The van der Waals surface area contributed by atoms with Gasteiger partial charge in [-0.25, -0.2) is 19.3 Å². The average Bonchev–Trinajstić information content (AvgIpc) is 3.41. The molecule has 1 aromatic carbocycles. The number of carbonyl (C=O) groups excluding carboxylic acids is 1. The third-order valence-electron chi connectivity index (χ3n) is 5.99. The molecular formula is C26H26N6O2S. The number of carbonyl (C=O) groups is 1. The van der Waals surface area contributed by atoms with Gasteiger partial charge in [-0.3, -0.25) is 15.0 Å². The van der Waals surface area contributed by atoms with Gasteiger partial charge in [-0.15, -0.1) is 11.3 Å². The van der Waals surface area contributed by atoms with Crippen LogP contribution in [0.3, 0.4) is 0 Å². The first-order valence-corrected chi connectivity index (χ1v) is 12.3. The summed E-state index contributed by atoms with van der Waals surface area (Å²) in [6, 6.07) is 11.6. The number of hydrogen-bond donors (Lipinski definition) is 1. The first-order valence-electron chi connectivity index (χ1n) is 11.5. The monoisotopic (exact) mass is 486 g/mol. The molecule has 0 saturated carbocycles. The molecule has 0 fully saturated rings. The summed E-state index contributed by atoms with van der Waals surface area (Å²) in [7, 11) is 0. The molecule has 8 nitrogen and oxygen atoms in total. The molecule has 9 heteroatoms. The lowest BCUT2D eigenvalue weighted by Gasteiger charge is -2.13. The third-order valence-corrected chi connectivity index (χ3v) is 7.00. The normalized spacial score (nSPS) is 11.7. The summed E-state index contributed by atoms with van der Waals surface area (Å²) in [5.41, 5.74) is 6.07. The summed E-state index contributed by atoms with van der Waals surface area (Å²) < 4.78 is 2.97. The summed E-state index contributed by atoms with van der Waals surface area (Å²) >= 11 is 1.47. The Kier molecular flexibility index (Phi) is 5.72. The number of rotatable bonds is 5. The quantitative estimate of drug-likeness (QED) is 0.365. The van der Waals surface area contributed by atoms with Crippen LogP contribution >= 0.6 is 11.3 Å². The zero-order valence-electron chi connectivity index (χ0n) is 20.2. The Morgan fingerprint density at radius 3 is 2.54 bits per heavy atom. The van der Waals surface area contributed by atoms with Crippen LogP contribution in [0.25, 0.3) is 32.4 Å². The Labute approximate surface area is 206 Å². The second-order valence-electron chi connectivity index (χ2n) is 9.11. The number of aromatic nitrogens is 5. The van der Waals surface area contributed by atoms with Crippen molar-refractivity contribution in [3.05, 3.63) is 75.4 Å². The molecule has 5 aromatic rings. The Hall–Kier alpha value is -3.85. The van der Waals surface area contributed by atoms with E-state index >= 15 is 0 Å². The smallest absolute Gasteiger partial charge is 0.267 e. The number of aryl methyl sites for hydroxylation is 1. The highest BCUT2D eigenvalue weighted by Gasteiger charge is 2.21. The van der Waals surface area contributed by atoms with Gasteiger partial charge in [0.2, 0.25) is 0 Å². The van der Waals surface area contributed by atoms with Crippen molar-refractivity contribution < 1.29 is 4.79 Å². The number of pyridine rings is 1. The summed E-state index contributed by atoms with van der Waals surface area (Å²) in [6.45, 7) is 10.1. The van der Waals surface area contributed by atoms with Gasteiger partial charge < -0.3 is 0 Å². The van der Waals surface area contributed by atoms with E-state index in [0.29, 0.717) is 26.8 Å². The molecule has 1 N–H and O–H groups in total. The molecular weight excluding hydrogens is 460 g/mol. The fourth-order valence-electron chi connectivity index (χ4n) is 4.20. The second kappa shape index (κ2) is 8.74. The molecule has 178 valence electrons. The fraction of sp³-hybridized carbons (Fsp3) is 0.269. The molecule has 0 aliphatic heterocycles. The number of hydrogen-bond acceptors (Lipinski definition) is 6. The van der Waals surface area contributed by atoms with Crippen molar-refractivity contribution in [2.75, 3.05) is 5.43 Å². The van der Waals surface area contributed by atoms with Crippen molar-refractivity contribution in [1.82, 2.24) is 24.4 Å². The zero-order chi connectivity index (χ0) is 24.9. The lowest BCUT2D eigenvalue weighted by molar-refractivity contribution is 0.101. The van der Waals surface area contributed by atoms with E-state index in [1.54, 1.807) is 16.9 Å². The van der Waals surface area contributed by atoms with E-state index in [4.69, 9.17) is 4.98 Å². The highest BCUT2D eigenvalue weighted by molar-refractivity contribution is 7.19. The molecule has 0 saturated heterocycles. The summed E-state index contributed by atoms with van der Waals surface area (Å²) in [5, 5.41) is 5.58. The number of benzene rings is 1. The number of nitrogens with one attached hydrogen (secondary N) is 1. The van der Waals surface area contributed by atoms with Crippen LogP contribution in [-0.4, -0.2) is 30.3 Å². The van der Waals surface area contributed by atoms with Crippen molar-refractivity contribution in [2.24, 2.45) is 0 Å². The summed E-state index contributed by atoms with van der Waals surface area (Å²) in [5.74, 6) is -0.302. The van der Waals surface area contributed by atoms with Crippen LogP contribution in [-0.2, 0) is 0 Å². The summed E-state index contributed by atoms with van der Waals surface area (Å²) in [4.78, 5) is 37.9. The molecule has 0 atom stereocenters. The maximum Gasteiger partial charge on any atom is 0.281 e. The average molecular weight is 487 g/mol. The minimum Gasteiger partial charge on any atom is -0.267 e. The van der Waals surface area contributed by atoms with Gasteiger partial charge in [-0.1, -0.05) is 44.2 Å². The van der Waals surface area contributed by atoms with Crippen LogP contribution in [0.4, 0.5) is 0 Å². The molecule has 1 amide bonds. The van der Waals surface area contributed by atoms with Crippen LogP contribution < -0.4 is 11.0 Å². The van der Waals surface area contributed by atoms with Crippen LogP contribution in [0.15, 0.2) is 53.7 Å². The molecule has 0 unspecified atom stereocenters. The SMILES string of the molecule is Cc1sc2ncn(NC(=O)c3cc(C(C)C)nc4c3cnn4C(C)C)c(=O)c2c1-c1ccccc1. The van der Waals surface area contributed by atoms with E-state index in [9.17, 15) is 9.59 Å². The first kappa shape index (κ1) is 22.9. The first-order chi connectivity index (χ1) is 16.8. The molecule has 0 aliphatic carbocycles. The molecule has 35 heavy (non-hydrogen) atoms. The van der Waals surface area contributed by atoms with Gasteiger partial charge in [0.05, 0.1) is 22.5 Å². The van der Waals surface area contributed by atoms with Gasteiger partial charge in [0.25, 0.3) is 11.5 Å². The van der Waals surface area contributed by atoms with E-state index in [0.717, 1.165) is 26.4 Å². The third kappa shape index (κ3) is 3.91. The lowest BCUT2D eigenvalue weighted by Crippen LogP contribution is -2.33. The Morgan fingerprint density at radius 1 is 1.11 bits per heavy atom. The maximum atomic E-state index is 13.5. The van der Waals surface area contributed by atoms with E-state index in [2.05, 4.69) is 15.5 Å². The fourth-order valence-corrected chi connectivity index (χ4v) is 5.21. The number of thiophene rings is 1. The van der Waals surface area contributed by atoms with Crippen molar-refractivity contribution in [3.8, 4) is 11.1 Å². The zero-order valence-corrected chi connectivity index (χ0v) is 21.1. The Bertz CT molecular complexity index is 1630. The molecule has 5 rings (SSSR count). The van der Waals surface area contributed by atoms with Gasteiger partial charge >= 0.3 is 0 Å². The van der Waals surface area contributed by atoms with Crippen LogP contribution in [0.2, 0.25) is 0 Å².